The van der Waals surface area contributed by atoms with Crippen LogP contribution in [0.15, 0.2) is 24.3 Å². The molecule has 0 amide bonds. The van der Waals surface area contributed by atoms with E-state index in [0.29, 0.717) is 0 Å². The van der Waals surface area contributed by atoms with Crippen LogP contribution >= 0.6 is 0 Å². The van der Waals surface area contributed by atoms with Gasteiger partial charge in [-0.2, -0.15) is 0 Å². The molecular weight excluding hydrogens is 376 g/mol. The SMILES string of the molecule is CCCC[N+](CCCC)(CCCC)CCCC.NC(Cc1ccc(O)cc1)C(=O)O. The third kappa shape index (κ3) is 12.9. The number of benzene rings is 1. The average Bonchev–Trinajstić information content (AvgIpc) is 2.74. The molecule has 0 aromatic heterocycles. The van der Waals surface area contributed by atoms with Gasteiger partial charge in [-0.25, -0.2) is 0 Å². The van der Waals surface area contributed by atoms with Gasteiger partial charge in [0.1, 0.15) is 11.8 Å². The van der Waals surface area contributed by atoms with Gasteiger partial charge >= 0.3 is 5.97 Å². The highest BCUT2D eigenvalue weighted by atomic mass is 16.4. The summed E-state index contributed by atoms with van der Waals surface area (Å²) in [6.07, 6.45) is 11.3. The van der Waals surface area contributed by atoms with E-state index in [4.69, 9.17) is 15.9 Å². The van der Waals surface area contributed by atoms with Crippen LogP contribution in [0, 0.1) is 0 Å². The zero-order chi connectivity index (χ0) is 22.8. The maximum atomic E-state index is 10.4. The Morgan fingerprint density at radius 3 is 1.50 bits per heavy atom. The van der Waals surface area contributed by atoms with E-state index in [-0.39, 0.29) is 12.2 Å². The molecule has 5 heteroatoms. The van der Waals surface area contributed by atoms with Crippen LogP contribution < -0.4 is 5.73 Å². The summed E-state index contributed by atoms with van der Waals surface area (Å²) < 4.78 is 1.42. The number of hydrogen-bond acceptors (Lipinski definition) is 3. The molecule has 0 fully saturated rings. The average molecular weight is 424 g/mol. The van der Waals surface area contributed by atoms with Gasteiger partial charge in [0.25, 0.3) is 0 Å². The molecule has 1 atom stereocenters. The summed E-state index contributed by atoms with van der Waals surface area (Å²) in [5.74, 6) is -0.860. The predicted molar refractivity (Wildman–Crippen MR) is 127 cm³/mol. The van der Waals surface area contributed by atoms with E-state index in [2.05, 4.69) is 27.7 Å². The van der Waals surface area contributed by atoms with E-state index in [9.17, 15) is 4.79 Å². The highest BCUT2D eigenvalue weighted by molar-refractivity contribution is 5.73. The van der Waals surface area contributed by atoms with Gasteiger partial charge in [0.2, 0.25) is 0 Å². The van der Waals surface area contributed by atoms with Crippen molar-refractivity contribution in [2.45, 2.75) is 91.5 Å². The Morgan fingerprint density at radius 1 is 0.833 bits per heavy atom. The fourth-order valence-electron chi connectivity index (χ4n) is 3.62. The van der Waals surface area contributed by atoms with Crippen LogP contribution in [0.1, 0.15) is 84.6 Å². The lowest BCUT2D eigenvalue weighted by atomic mass is 10.1. The number of rotatable bonds is 15. The third-order valence-corrected chi connectivity index (χ3v) is 5.65. The number of nitrogens with zero attached hydrogens (tertiary/aromatic N) is 1. The van der Waals surface area contributed by atoms with Gasteiger partial charge in [-0.1, -0.05) is 65.5 Å². The second-order valence-electron chi connectivity index (χ2n) is 8.47. The Labute approximate surface area is 184 Å². The zero-order valence-electron chi connectivity index (χ0n) is 19.9. The van der Waals surface area contributed by atoms with Crippen LogP contribution in [0.2, 0.25) is 0 Å². The van der Waals surface area contributed by atoms with Gasteiger partial charge in [-0.15, -0.1) is 0 Å². The second kappa shape index (κ2) is 17.1. The molecule has 0 saturated carbocycles. The molecule has 0 saturated heterocycles. The molecule has 1 aromatic rings. The molecular formula is C25H47N2O3+. The van der Waals surface area contributed by atoms with Crippen molar-refractivity contribution in [3.63, 3.8) is 0 Å². The van der Waals surface area contributed by atoms with Crippen LogP contribution in [0.5, 0.6) is 5.75 Å². The number of carboxylic acid groups (broad SMARTS) is 1. The van der Waals surface area contributed by atoms with Gasteiger partial charge in [0, 0.05) is 0 Å². The molecule has 5 nitrogen and oxygen atoms in total. The van der Waals surface area contributed by atoms with Crippen molar-refractivity contribution in [3.05, 3.63) is 29.8 Å². The molecule has 30 heavy (non-hydrogen) atoms. The highest BCUT2D eigenvalue weighted by Gasteiger charge is 2.24. The van der Waals surface area contributed by atoms with Gasteiger partial charge in [0.15, 0.2) is 0 Å². The first-order valence-corrected chi connectivity index (χ1v) is 11.9. The van der Waals surface area contributed by atoms with Crippen LogP contribution in [-0.2, 0) is 11.2 Å². The summed E-state index contributed by atoms with van der Waals surface area (Å²) in [6.45, 7) is 15.0. The van der Waals surface area contributed by atoms with Gasteiger partial charge < -0.3 is 20.4 Å². The summed E-state index contributed by atoms with van der Waals surface area (Å²) in [4.78, 5) is 10.4. The van der Waals surface area contributed by atoms with Crippen LogP contribution in [0.25, 0.3) is 0 Å². The fraction of sp³-hybridized carbons (Fsp3) is 0.720. The number of hydrogen-bond donors (Lipinski definition) is 3. The van der Waals surface area contributed by atoms with Gasteiger partial charge in [-0.3, -0.25) is 4.79 Å². The van der Waals surface area contributed by atoms with E-state index in [1.165, 1.54) is 94.2 Å². The molecule has 0 spiro atoms. The lowest BCUT2D eigenvalue weighted by Gasteiger charge is -2.39. The third-order valence-electron chi connectivity index (χ3n) is 5.65. The van der Waals surface area contributed by atoms with Crippen LogP contribution in [0.3, 0.4) is 0 Å². The molecule has 1 unspecified atom stereocenters. The van der Waals surface area contributed by atoms with E-state index in [1.54, 1.807) is 12.1 Å². The summed E-state index contributed by atoms with van der Waals surface area (Å²) >= 11 is 0. The van der Waals surface area contributed by atoms with Gasteiger partial charge in [-0.05, 0) is 49.8 Å². The monoisotopic (exact) mass is 423 g/mol. The van der Waals surface area contributed by atoms with Crippen molar-refractivity contribution < 1.29 is 19.5 Å². The number of carboxylic acids is 1. The number of unbranched alkanes of at least 4 members (excludes halogenated alkanes) is 4. The molecule has 1 rings (SSSR count). The molecule has 0 heterocycles. The van der Waals surface area contributed by atoms with E-state index < -0.39 is 12.0 Å². The molecule has 0 aliphatic carbocycles. The summed E-state index contributed by atoms with van der Waals surface area (Å²) in [5.41, 5.74) is 6.12. The van der Waals surface area contributed by atoms with E-state index in [0.717, 1.165) is 5.56 Å². The first-order chi connectivity index (χ1) is 14.3. The summed E-state index contributed by atoms with van der Waals surface area (Å²) in [6, 6.07) is 5.42. The quantitative estimate of drug-likeness (QED) is 0.332. The number of aliphatic carboxylic acids is 1. The molecule has 0 radical (unpaired) electrons. The maximum absolute atomic E-state index is 10.4. The number of aromatic hydroxyl groups is 1. The first kappa shape index (κ1) is 28.4. The smallest absolute Gasteiger partial charge is 0.320 e. The standard InChI is InChI=1S/C16H36N.C9H11NO3/c1-5-9-13-17(14-10-6-2,15-11-7-3)16-12-8-4;10-8(9(12)13)5-6-1-3-7(11)4-2-6/h5-16H2,1-4H3;1-4,8,11H,5,10H2,(H,12,13)/q+1;. The van der Waals surface area contributed by atoms with Crippen molar-refractivity contribution in [2.24, 2.45) is 5.73 Å². The number of quaternary nitrogens is 1. The molecule has 0 aliphatic rings. The first-order valence-electron chi connectivity index (χ1n) is 11.9. The topological polar surface area (TPSA) is 83.5 Å². The Balaban J connectivity index is 0.000000579. The van der Waals surface area contributed by atoms with Crippen molar-refractivity contribution in [1.29, 1.82) is 0 Å². The van der Waals surface area contributed by atoms with Gasteiger partial charge in [0.05, 0.1) is 26.2 Å². The Kier molecular flexibility index (Phi) is 16.2. The van der Waals surface area contributed by atoms with Crippen molar-refractivity contribution in [1.82, 2.24) is 0 Å². The molecule has 4 N–H and O–H groups in total. The largest absolute Gasteiger partial charge is 0.508 e. The zero-order valence-corrected chi connectivity index (χ0v) is 19.9. The Bertz CT molecular complexity index is 508. The van der Waals surface area contributed by atoms with E-state index >= 15 is 0 Å². The minimum atomic E-state index is -1.02. The number of carbonyl (C=O) groups is 1. The number of phenols is 1. The fourth-order valence-corrected chi connectivity index (χ4v) is 3.62. The Morgan fingerprint density at radius 2 is 1.20 bits per heavy atom. The molecule has 1 aromatic carbocycles. The predicted octanol–water partition coefficient (Wildman–Crippen LogP) is 5.35. The van der Waals surface area contributed by atoms with Crippen LogP contribution in [0.4, 0.5) is 0 Å². The minimum absolute atomic E-state index is 0.160. The van der Waals surface area contributed by atoms with Crippen LogP contribution in [-0.4, -0.2) is 52.9 Å². The molecule has 0 aliphatic heterocycles. The van der Waals surface area contributed by atoms with Crippen molar-refractivity contribution in [3.8, 4) is 5.75 Å². The normalized spacial score (nSPS) is 12.2. The highest BCUT2D eigenvalue weighted by Crippen LogP contribution is 2.16. The number of nitrogens with two attached hydrogens (primary N) is 1. The van der Waals surface area contributed by atoms with Crippen molar-refractivity contribution in [2.75, 3.05) is 26.2 Å². The van der Waals surface area contributed by atoms with Crippen molar-refractivity contribution >= 4 is 5.97 Å². The lowest BCUT2D eigenvalue weighted by molar-refractivity contribution is -0.929. The summed E-state index contributed by atoms with van der Waals surface area (Å²) in [5, 5.41) is 17.5. The number of phenolic OH excluding ortho intramolecular Hbond substituents is 1. The Hall–Kier alpha value is -1.59. The second-order valence-corrected chi connectivity index (χ2v) is 8.47. The van der Waals surface area contributed by atoms with E-state index in [1.807, 2.05) is 0 Å². The molecule has 0 bridgehead atoms. The molecule has 174 valence electrons. The minimum Gasteiger partial charge on any atom is -0.508 e. The lowest BCUT2D eigenvalue weighted by Crippen LogP contribution is -2.50. The maximum Gasteiger partial charge on any atom is 0.320 e. The summed E-state index contributed by atoms with van der Waals surface area (Å²) in [7, 11) is 0.